The van der Waals surface area contributed by atoms with Gasteiger partial charge < -0.3 is 20.8 Å². The van der Waals surface area contributed by atoms with E-state index in [1.54, 1.807) is 6.20 Å². The van der Waals surface area contributed by atoms with Crippen molar-refractivity contribution in [3.05, 3.63) is 53.5 Å². The van der Waals surface area contributed by atoms with Crippen LogP contribution in [0.3, 0.4) is 0 Å². The average molecular weight is 407 g/mol. The zero-order valence-electron chi connectivity index (χ0n) is 16.9. The summed E-state index contributed by atoms with van der Waals surface area (Å²) in [5, 5.41) is 4.11. The molecular formula is C22H25N5O3. The van der Waals surface area contributed by atoms with E-state index in [0.717, 1.165) is 37.8 Å². The zero-order chi connectivity index (χ0) is 21.1. The minimum Gasteiger partial charge on any atom is -0.446 e. The fourth-order valence-corrected chi connectivity index (χ4v) is 4.11. The summed E-state index contributed by atoms with van der Waals surface area (Å²) in [5.74, 6) is 1.02. The second kappa shape index (κ2) is 8.52. The summed E-state index contributed by atoms with van der Waals surface area (Å²) in [6, 6.07) is 7.54. The van der Waals surface area contributed by atoms with Crippen molar-refractivity contribution >= 4 is 28.7 Å². The second-order valence-corrected chi connectivity index (χ2v) is 7.75. The van der Waals surface area contributed by atoms with Crippen molar-refractivity contribution < 1.29 is 14.3 Å². The molecule has 4 rings (SSSR count). The zero-order valence-corrected chi connectivity index (χ0v) is 16.9. The molecule has 0 saturated heterocycles. The van der Waals surface area contributed by atoms with Gasteiger partial charge in [-0.15, -0.1) is 0 Å². The molecule has 0 radical (unpaired) electrons. The smallest absolute Gasteiger partial charge is 0.404 e. The number of H-pyrrole nitrogens is 1. The molecule has 0 unspecified atom stereocenters. The SMILES string of the molecule is Cc1ccccc1C(=O)c1c[nH]c2ncnc(NCC3CCC(OC(N)=O)CC3)c12. The lowest BCUT2D eigenvalue weighted by molar-refractivity contribution is 0.0725. The highest BCUT2D eigenvalue weighted by atomic mass is 16.6. The lowest BCUT2D eigenvalue weighted by atomic mass is 9.87. The van der Waals surface area contributed by atoms with Gasteiger partial charge in [0, 0.05) is 18.3 Å². The van der Waals surface area contributed by atoms with Crippen LogP contribution in [0.15, 0.2) is 36.8 Å². The van der Waals surface area contributed by atoms with Crippen LogP contribution in [-0.4, -0.2) is 39.5 Å². The molecule has 8 nitrogen and oxygen atoms in total. The lowest BCUT2D eigenvalue weighted by Gasteiger charge is -2.28. The third kappa shape index (κ3) is 4.12. The molecule has 3 aromatic rings. The molecule has 156 valence electrons. The number of fused-ring (bicyclic) bond motifs is 1. The van der Waals surface area contributed by atoms with E-state index in [1.165, 1.54) is 6.33 Å². The number of ether oxygens (including phenoxy) is 1. The van der Waals surface area contributed by atoms with Crippen LogP contribution in [0.2, 0.25) is 0 Å². The van der Waals surface area contributed by atoms with Gasteiger partial charge in [-0.2, -0.15) is 0 Å². The number of primary amides is 1. The van der Waals surface area contributed by atoms with Crippen LogP contribution < -0.4 is 11.1 Å². The van der Waals surface area contributed by atoms with E-state index in [0.29, 0.717) is 33.9 Å². The number of carbonyl (C=O) groups is 2. The number of hydrogen-bond donors (Lipinski definition) is 3. The van der Waals surface area contributed by atoms with Gasteiger partial charge >= 0.3 is 6.09 Å². The van der Waals surface area contributed by atoms with E-state index < -0.39 is 6.09 Å². The highest BCUT2D eigenvalue weighted by Crippen LogP contribution is 2.29. The van der Waals surface area contributed by atoms with Crippen LogP contribution >= 0.6 is 0 Å². The molecule has 0 bridgehead atoms. The van der Waals surface area contributed by atoms with Crippen LogP contribution in [-0.2, 0) is 4.74 Å². The molecule has 0 atom stereocenters. The number of carbonyl (C=O) groups excluding carboxylic acids is 2. The van der Waals surface area contributed by atoms with Crippen molar-refractivity contribution in [2.24, 2.45) is 11.7 Å². The van der Waals surface area contributed by atoms with Gasteiger partial charge in [0.1, 0.15) is 23.9 Å². The number of anilines is 1. The number of amides is 1. The lowest BCUT2D eigenvalue weighted by Crippen LogP contribution is -2.29. The van der Waals surface area contributed by atoms with Crippen molar-refractivity contribution in [3.8, 4) is 0 Å². The van der Waals surface area contributed by atoms with Crippen molar-refractivity contribution in [1.82, 2.24) is 15.0 Å². The number of rotatable bonds is 6. The number of aromatic amines is 1. The molecule has 8 heteroatoms. The third-order valence-corrected chi connectivity index (χ3v) is 5.74. The van der Waals surface area contributed by atoms with E-state index in [9.17, 15) is 9.59 Å². The molecule has 4 N–H and O–H groups in total. The van der Waals surface area contributed by atoms with E-state index in [-0.39, 0.29) is 11.9 Å². The van der Waals surface area contributed by atoms with Gasteiger partial charge in [-0.25, -0.2) is 14.8 Å². The Hall–Kier alpha value is -3.42. The number of nitrogens with zero attached hydrogens (tertiary/aromatic N) is 2. The summed E-state index contributed by atoms with van der Waals surface area (Å²) in [5.41, 5.74) is 7.89. The minimum atomic E-state index is -0.710. The summed E-state index contributed by atoms with van der Waals surface area (Å²) < 4.78 is 5.10. The Morgan fingerprint density at radius 3 is 2.67 bits per heavy atom. The van der Waals surface area contributed by atoms with Gasteiger partial charge in [0.15, 0.2) is 5.78 Å². The maximum Gasteiger partial charge on any atom is 0.404 e. The van der Waals surface area contributed by atoms with Gasteiger partial charge in [-0.1, -0.05) is 24.3 Å². The number of aryl methyl sites for hydroxylation is 1. The van der Waals surface area contributed by atoms with Crippen LogP contribution in [0.4, 0.5) is 10.6 Å². The monoisotopic (exact) mass is 407 g/mol. The number of ketones is 1. The Morgan fingerprint density at radius 1 is 1.17 bits per heavy atom. The van der Waals surface area contributed by atoms with Gasteiger partial charge in [0.25, 0.3) is 0 Å². The molecule has 2 heterocycles. The first kappa shape index (κ1) is 19.9. The molecule has 1 amide bonds. The number of benzene rings is 1. The molecule has 1 aliphatic rings. The Labute approximate surface area is 174 Å². The maximum atomic E-state index is 13.2. The maximum absolute atomic E-state index is 13.2. The summed E-state index contributed by atoms with van der Waals surface area (Å²) in [4.78, 5) is 35.8. The Morgan fingerprint density at radius 2 is 1.93 bits per heavy atom. The molecule has 1 aliphatic carbocycles. The molecule has 1 saturated carbocycles. The normalized spacial score (nSPS) is 18.8. The van der Waals surface area contributed by atoms with Crippen molar-refractivity contribution in [2.75, 3.05) is 11.9 Å². The van der Waals surface area contributed by atoms with Crippen LogP contribution in [0, 0.1) is 12.8 Å². The van der Waals surface area contributed by atoms with Gasteiger partial charge in [-0.3, -0.25) is 4.79 Å². The summed E-state index contributed by atoms with van der Waals surface area (Å²) in [6.07, 6.45) is 5.85. The minimum absolute atomic E-state index is 0.0543. The van der Waals surface area contributed by atoms with Gasteiger partial charge in [-0.05, 0) is 44.1 Å². The van der Waals surface area contributed by atoms with Crippen molar-refractivity contribution in [3.63, 3.8) is 0 Å². The number of hydrogen-bond acceptors (Lipinski definition) is 6. The molecule has 1 fully saturated rings. The standard InChI is InChI=1S/C22H25N5O3/c1-13-4-2-3-5-16(13)19(28)17-11-25-21-18(17)20(26-12-27-21)24-10-14-6-8-15(9-7-14)30-22(23)29/h2-5,11-12,14-15H,6-10H2,1H3,(H2,23,29)(H2,24,25,26,27). The van der Waals surface area contributed by atoms with E-state index in [2.05, 4.69) is 20.3 Å². The molecule has 0 aliphatic heterocycles. The summed E-state index contributed by atoms with van der Waals surface area (Å²) >= 11 is 0. The molecule has 1 aromatic carbocycles. The Bertz CT molecular complexity index is 1070. The van der Waals surface area contributed by atoms with E-state index in [4.69, 9.17) is 10.5 Å². The fourth-order valence-electron chi connectivity index (χ4n) is 4.11. The third-order valence-electron chi connectivity index (χ3n) is 5.74. The van der Waals surface area contributed by atoms with Gasteiger partial charge in [0.2, 0.25) is 0 Å². The first-order valence-corrected chi connectivity index (χ1v) is 10.1. The fraction of sp³-hybridized carbons (Fsp3) is 0.364. The van der Waals surface area contributed by atoms with Crippen molar-refractivity contribution in [1.29, 1.82) is 0 Å². The van der Waals surface area contributed by atoms with Crippen LogP contribution in [0.1, 0.15) is 47.2 Å². The van der Waals surface area contributed by atoms with Gasteiger partial charge in [0.05, 0.1) is 10.9 Å². The average Bonchev–Trinajstić information content (AvgIpc) is 3.17. The largest absolute Gasteiger partial charge is 0.446 e. The first-order valence-electron chi connectivity index (χ1n) is 10.1. The molecule has 30 heavy (non-hydrogen) atoms. The number of nitrogens with two attached hydrogens (primary N) is 1. The Kier molecular flexibility index (Phi) is 5.65. The highest BCUT2D eigenvalue weighted by Gasteiger charge is 2.24. The summed E-state index contributed by atoms with van der Waals surface area (Å²) in [7, 11) is 0. The Balaban J connectivity index is 1.50. The number of aromatic nitrogens is 3. The molecule has 2 aromatic heterocycles. The molecular weight excluding hydrogens is 382 g/mol. The van der Waals surface area contributed by atoms with Crippen LogP contribution in [0.5, 0.6) is 0 Å². The quantitative estimate of drug-likeness (QED) is 0.537. The highest BCUT2D eigenvalue weighted by molar-refractivity contribution is 6.18. The number of nitrogens with one attached hydrogen (secondary N) is 2. The van der Waals surface area contributed by atoms with E-state index in [1.807, 2.05) is 31.2 Å². The summed E-state index contributed by atoms with van der Waals surface area (Å²) in [6.45, 7) is 2.65. The molecule has 0 spiro atoms. The topological polar surface area (TPSA) is 123 Å². The van der Waals surface area contributed by atoms with Crippen molar-refractivity contribution in [2.45, 2.75) is 38.7 Å². The second-order valence-electron chi connectivity index (χ2n) is 7.75. The van der Waals surface area contributed by atoms with E-state index >= 15 is 0 Å². The predicted octanol–water partition coefficient (Wildman–Crippen LogP) is 3.56. The first-order chi connectivity index (χ1) is 14.5. The van der Waals surface area contributed by atoms with Crippen LogP contribution in [0.25, 0.3) is 11.0 Å². The predicted molar refractivity (Wildman–Crippen MR) is 113 cm³/mol.